The van der Waals surface area contributed by atoms with Gasteiger partial charge in [0.2, 0.25) is 0 Å². The predicted molar refractivity (Wildman–Crippen MR) is 55.3 cm³/mol. The highest BCUT2D eigenvalue weighted by atomic mass is 32.1. The second kappa shape index (κ2) is 4.48. The van der Waals surface area contributed by atoms with Gasteiger partial charge < -0.3 is 11.1 Å². The van der Waals surface area contributed by atoms with Gasteiger partial charge in [0, 0.05) is 23.2 Å². The van der Waals surface area contributed by atoms with E-state index in [1.165, 1.54) is 4.88 Å². The van der Waals surface area contributed by atoms with Gasteiger partial charge in [0.1, 0.15) is 0 Å². The number of rotatable bonds is 4. The first-order valence-corrected chi connectivity index (χ1v) is 5.17. The van der Waals surface area contributed by atoms with Gasteiger partial charge in [0.25, 0.3) is 0 Å². The zero-order valence-corrected chi connectivity index (χ0v) is 8.45. The lowest BCUT2D eigenvalue weighted by atomic mass is 10.2. The lowest BCUT2D eigenvalue weighted by Gasteiger charge is -2.09. The molecule has 0 aliphatic heterocycles. The standard InChI is InChI=1S/C9H16N2S/c1-3-7(2)11-6-9-8(10)4-5-12-9/h4-5,7,11H,3,6,10H2,1-2H3. The second-order valence-corrected chi connectivity index (χ2v) is 3.99. The highest BCUT2D eigenvalue weighted by Crippen LogP contribution is 2.18. The van der Waals surface area contributed by atoms with Gasteiger partial charge in [0.05, 0.1) is 0 Å². The van der Waals surface area contributed by atoms with Crippen molar-refractivity contribution >= 4 is 17.0 Å². The molecule has 1 atom stereocenters. The maximum absolute atomic E-state index is 5.74. The van der Waals surface area contributed by atoms with Gasteiger partial charge in [-0.15, -0.1) is 11.3 Å². The predicted octanol–water partition coefficient (Wildman–Crippen LogP) is 2.22. The highest BCUT2D eigenvalue weighted by molar-refractivity contribution is 7.10. The van der Waals surface area contributed by atoms with Crippen molar-refractivity contribution in [2.24, 2.45) is 0 Å². The Kier molecular flexibility index (Phi) is 3.56. The van der Waals surface area contributed by atoms with Crippen LogP contribution in [0.4, 0.5) is 5.69 Å². The molecule has 0 saturated carbocycles. The summed E-state index contributed by atoms with van der Waals surface area (Å²) in [5.74, 6) is 0. The van der Waals surface area contributed by atoms with E-state index in [9.17, 15) is 0 Å². The molecule has 1 rings (SSSR count). The lowest BCUT2D eigenvalue weighted by molar-refractivity contribution is 0.538. The number of nitrogens with two attached hydrogens (primary N) is 1. The first-order valence-electron chi connectivity index (χ1n) is 4.29. The molecule has 1 aromatic rings. The molecule has 0 aromatic carbocycles. The van der Waals surface area contributed by atoms with Crippen LogP contribution in [0.3, 0.4) is 0 Å². The molecule has 0 fully saturated rings. The van der Waals surface area contributed by atoms with E-state index in [1.807, 2.05) is 11.4 Å². The fraction of sp³-hybridized carbons (Fsp3) is 0.556. The number of hydrogen-bond acceptors (Lipinski definition) is 3. The fourth-order valence-electron chi connectivity index (χ4n) is 0.905. The monoisotopic (exact) mass is 184 g/mol. The van der Waals surface area contributed by atoms with Crippen LogP contribution >= 0.6 is 11.3 Å². The van der Waals surface area contributed by atoms with Gasteiger partial charge in [-0.2, -0.15) is 0 Å². The van der Waals surface area contributed by atoms with Crippen LogP contribution < -0.4 is 11.1 Å². The minimum atomic E-state index is 0.575. The van der Waals surface area contributed by atoms with E-state index in [-0.39, 0.29) is 0 Å². The summed E-state index contributed by atoms with van der Waals surface area (Å²) in [6.07, 6.45) is 1.16. The van der Waals surface area contributed by atoms with Crippen LogP contribution in [0, 0.1) is 0 Å². The summed E-state index contributed by atoms with van der Waals surface area (Å²) < 4.78 is 0. The summed E-state index contributed by atoms with van der Waals surface area (Å²) in [7, 11) is 0. The smallest absolute Gasteiger partial charge is 0.0468 e. The Bertz CT molecular complexity index is 232. The van der Waals surface area contributed by atoms with E-state index >= 15 is 0 Å². The van der Waals surface area contributed by atoms with E-state index in [4.69, 9.17) is 5.73 Å². The molecule has 2 nitrogen and oxygen atoms in total. The van der Waals surface area contributed by atoms with Gasteiger partial charge >= 0.3 is 0 Å². The number of anilines is 1. The average Bonchev–Trinajstić information content (AvgIpc) is 2.47. The first kappa shape index (κ1) is 9.55. The minimum Gasteiger partial charge on any atom is -0.398 e. The number of thiophene rings is 1. The third-order valence-electron chi connectivity index (χ3n) is 2.00. The van der Waals surface area contributed by atoms with Crippen molar-refractivity contribution in [2.75, 3.05) is 5.73 Å². The normalized spacial score (nSPS) is 13.2. The molecule has 0 aliphatic rings. The van der Waals surface area contributed by atoms with Crippen LogP contribution in [-0.2, 0) is 6.54 Å². The molecule has 0 radical (unpaired) electrons. The van der Waals surface area contributed by atoms with Crippen molar-refractivity contribution in [3.05, 3.63) is 16.3 Å². The molecule has 3 N–H and O–H groups in total. The molecule has 0 bridgehead atoms. The SMILES string of the molecule is CCC(C)NCc1sccc1N. The first-order chi connectivity index (χ1) is 5.74. The van der Waals surface area contributed by atoms with Crippen molar-refractivity contribution in [3.63, 3.8) is 0 Å². The second-order valence-electron chi connectivity index (χ2n) is 2.99. The van der Waals surface area contributed by atoms with Gasteiger partial charge in [-0.05, 0) is 24.8 Å². The Morgan fingerprint density at radius 1 is 1.67 bits per heavy atom. The quantitative estimate of drug-likeness (QED) is 0.753. The zero-order chi connectivity index (χ0) is 8.97. The minimum absolute atomic E-state index is 0.575. The molecule has 3 heteroatoms. The molecule has 68 valence electrons. The summed E-state index contributed by atoms with van der Waals surface area (Å²) in [6, 6.07) is 2.53. The summed E-state index contributed by atoms with van der Waals surface area (Å²) >= 11 is 1.71. The zero-order valence-electron chi connectivity index (χ0n) is 7.63. The average molecular weight is 184 g/mol. The molecule has 0 saturated heterocycles. The number of nitrogens with one attached hydrogen (secondary N) is 1. The summed E-state index contributed by atoms with van der Waals surface area (Å²) in [6.45, 7) is 5.26. The third kappa shape index (κ3) is 2.50. The van der Waals surface area contributed by atoms with Crippen molar-refractivity contribution in [1.82, 2.24) is 5.32 Å². The molecule has 0 spiro atoms. The van der Waals surface area contributed by atoms with Crippen LogP contribution in [0.5, 0.6) is 0 Å². The van der Waals surface area contributed by atoms with E-state index in [0.717, 1.165) is 18.7 Å². The molecule has 0 aliphatic carbocycles. The topological polar surface area (TPSA) is 38.0 Å². The summed E-state index contributed by atoms with van der Waals surface area (Å²) in [5.41, 5.74) is 6.65. The highest BCUT2D eigenvalue weighted by Gasteiger charge is 2.01. The molecule has 1 heterocycles. The fourth-order valence-corrected chi connectivity index (χ4v) is 1.66. The largest absolute Gasteiger partial charge is 0.398 e. The Morgan fingerprint density at radius 2 is 2.42 bits per heavy atom. The molecule has 1 unspecified atom stereocenters. The van der Waals surface area contributed by atoms with E-state index in [0.29, 0.717) is 6.04 Å². The van der Waals surface area contributed by atoms with Gasteiger partial charge in [0.15, 0.2) is 0 Å². The van der Waals surface area contributed by atoms with E-state index in [1.54, 1.807) is 11.3 Å². The molecule has 1 aromatic heterocycles. The van der Waals surface area contributed by atoms with E-state index in [2.05, 4.69) is 19.2 Å². The lowest BCUT2D eigenvalue weighted by Crippen LogP contribution is -2.24. The van der Waals surface area contributed by atoms with Crippen molar-refractivity contribution in [3.8, 4) is 0 Å². The maximum Gasteiger partial charge on any atom is 0.0468 e. The number of hydrogen-bond donors (Lipinski definition) is 2. The maximum atomic E-state index is 5.74. The van der Waals surface area contributed by atoms with Crippen molar-refractivity contribution < 1.29 is 0 Å². The number of nitrogen functional groups attached to an aromatic ring is 1. The van der Waals surface area contributed by atoms with Gasteiger partial charge in [-0.3, -0.25) is 0 Å². The molecular weight excluding hydrogens is 168 g/mol. The Hall–Kier alpha value is -0.540. The van der Waals surface area contributed by atoms with Crippen LogP contribution in [0.2, 0.25) is 0 Å². The Balaban J connectivity index is 2.38. The Morgan fingerprint density at radius 3 is 2.92 bits per heavy atom. The van der Waals surface area contributed by atoms with Crippen LogP contribution in [-0.4, -0.2) is 6.04 Å². The third-order valence-corrected chi connectivity index (χ3v) is 2.94. The van der Waals surface area contributed by atoms with Crippen LogP contribution in [0.1, 0.15) is 25.1 Å². The Labute approximate surface area is 77.8 Å². The molecule has 0 amide bonds. The van der Waals surface area contributed by atoms with Gasteiger partial charge in [-0.1, -0.05) is 6.92 Å². The summed E-state index contributed by atoms with van der Waals surface area (Å²) in [5, 5.41) is 5.44. The molecular formula is C9H16N2S. The molecule has 12 heavy (non-hydrogen) atoms. The van der Waals surface area contributed by atoms with Gasteiger partial charge in [-0.25, -0.2) is 0 Å². The van der Waals surface area contributed by atoms with Crippen LogP contribution in [0.25, 0.3) is 0 Å². The van der Waals surface area contributed by atoms with Crippen molar-refractivity contribution in [1.29, 1.82) is 0 Å². The van der Waals surface area contributed by atoms with E-state index < -0.39 is 0 Å². The van der Waals surface area contributed by atoms with Crippen molar-refractivity contribution in [2.45, 2.75) is 32.9 Å². The van der Waals surface area contributed by atoms with Crippen LogP contribution in [0.15, 0.2) is 11.4 Å². The summed E-state index contributed by atoms with van der Waals surface area (Å²) in [4.78, 5) is 1.25.